The molecule has 72 valence electrons. The molecule has 0 aromatic rings. The van der Waals surface area contributed by atoms with Crippen molar-refractivity contribution in [1.29, 1.82) is 0 Å². The summed E-state index contributed by atoms with van der Waals surface area (Å²) >= 11 is 0. The van der Waals surface area contributed by atoms with Crippen LogP contribution >= 0.6 is 0 Å². The molecule has 0 aliphatic heterocycles. The monoisotopic (exact) mass is 184 g/mol. The van der Waals surface area contributed by atoms with Gasteiger partial charge in [-0.15, -0.1) is 0 Å². The molecule has 3 aliphatic rings. The Morgan fingerprint density at radius 1 is 1.38 bits per heavy atom. The second kappa shape index (κ2) is 2.47. The molecule has 0 spiro atoms. The van der Waals surface area contributed by atoms with Crippen molar-refractivity contribution in [2.24, 2.45) is 17.3 Å². The fraction of sp³-hybridized carbons (Fsp3) is 0.778. The molecule has 4 nitrogen and oxygen atoms in total. The largest absolute Gasteiger partial charge is 0.481 e. The number of carboxylic acid groups (broad SMARTS) is 1. The Hall–Kier alpha value is -1.06. The topological polar surface area (TPSA) is 63.6 Å². The van der Waals surface area contributed by atoms with E-state index >= 15 is 0 Å². The first kappa shape index (κ1) is 8.53. The van der Waals surface area contributed by atoms with Crippen LogP contribution in [0.3, 0.4) is 0 Å². The minimum atomic E-state index is -0.754. The van der Waals surface area contributed by atoms with Gasteiger partial charge in [-0.25, -0.2) is 0 Å². The number of carboxylic acids is 1. The number of methoxy groups -OCH3 is 1. The van der Waals surface area contributed by atoms with Gasteiger partial charge in [0.15, 0.2) is 0 Å². The third-order valence-electron chi connectivity index (χ3n) is 3.44. The van der Waals surface area contributed by atoms with Gasteiger partial charge in [0.2, 0.25) is 0 Å². The summed E-state index contributed by atoms with van der Waals surface area (Å²) < 4.78 is 4.62. The molecule has 1 N–H and O–H groups in total. The minimum absolute atomic E-state index is 0.166. The van der Waals surface area contributed by atoms with Crippen LogP contribution in [-0.2, 0) is 14.3 Å². The Balaban J connectivity index is 2.09. The van der Waals surface area contributed by atoms with E-state index in [1.54, 1.807) is 0 Å². The summed E-state index contributed by atoms with van der Waals surface area (Å²) in [7, 11) is 1.35. The molecule has 0 aromatic carbocycles. The Bertz CT molecular complexity index is 265. The normalized spacial score (nSPS) is 41.0. The number of hydrogen-bond acceptors (Lipinski definition) is 3. The van der Waals surface area contributed by atoms with Gasteiger partial charge in [-0.2, -0.15) is 0 Å². The van der Waals surface area contributed by atoms with Gasteiger partial charge in [0.25, 0.3) is 0 Å². The first-order chi connectivity index (χ1) is 6.09. The third-order valence-corrected chi connectivity index (χ3v) is 3.44. The molecule has 0 aromatic heterocycles. The molecule has 3 saturated carbocycles. The van der Waals surface area contributed by atoms with E-state index in [1.165, 1.54) is 7.11 Å². The minimum Gasteiger partial charge on any atom is -0.481 e. The molecule has 0 amide bonds. The molecule has 3 fully saturated rings. The predicted octanol–water partition coefficient (Wildman–Crippen LogP) is 0.660. The number of rotatable bonds is 2. The van der Waals surface area contributed by atoms with E-state index in [0.717, 1.165) is 0 Å². The lowest BCUT2D eigenvalue weighted by Gasteiger charge is -2.33. The van der Waals surface area contributed by atoms with Crippen molar-refractivity contribution in [1.82, 2.24) is 0 Å². The van der Waals surface area contributed by atoms with E-state index in [-0.39, 0.29) is 17.8 Å². The summed E-state index contributed by atoms with van der Waals surface area (Å²) in [5.41, 5.74) is -0.594. The molecule has 1 atom stereocenters. The Kier molecular flexibility index (Phi) is 1.62. The predicted molar refractivity (Wildman–Crippen MR) is 42.9 cm³/mol. The highest BCUT2D eigenvalue weighted by molar-refractivity contribution is 5.82. The Morgan fingerprint density at radius 2 is 2.00 bits per heavy atom. The van der Waals surface area contributed by atoms with Crippen LogP contribution in [0.1, 0.15) is 19.3 Å². The fourth-order valence-electron chi connectivity index (χ4n) is 2.67. The van der Waals surface area contributed by atoms with Crippen LogP contribution in [0.25, 0.3) is 0 Å². The number of fused-ring (bicyclic) bond motifs is 1. The van der Waals surface area contributed by atoms with Crippen molar-refractivity contribution < 1.29 is 19.4 Å². The molecular formula is C9H12O4. The van der Waals surface area contributed by atoms with E-state index < -0.39 is 11.4 Å². The van der Waals surface area contributed by atoms with E-state index in [2.05, 4.69) is 4.74 Å². The van der Waals surface area contributed by atoms with Gasteiger partial charge in [0.1, 0.15) is 0 Å². The highest BCUT2D eigenvalue weighted by atomic mass is 16.5. The number of esters is 1. The van der Waals surface area contributed by atoms with E-state index in [0.29, 0.717) is 19.3 Å². The highest BCUT2D eigenvalue weighted by Gasteiger charge is 2.62. The highest BCUT2D eigenvalue weighted by Crippen LogP contribution is 2.62. The zero-order valence-electron chi connectivity index (χ0n) is 7.45. The molecule has 0 heterocycles. The molecular weight excluding hydrogens is 172 g/mol. The van der Waals surface area contributed by atoms with Crippen LogP contribution in [0.15, 0.2) is 0 Å². The van der Waals surface area contributed by atoms with E-state index in [4.69, 9.17) is 5.11 Å². The lowest BCUT2D eigenvalue weighted by atomic mass is 9.69. The lowest BCUT2D eigenvalue weighted by molar-refractivity contribution is -0.153. The second-order valence-corrected chi connectivity index (χ2v) is 4.09. The quantitative estimate of drug-likeness (QED) is 0.640. The first-order valence-electron chi connectivity index (χ1n) is 4.40. The molecule has 4 heteroatoms. The lowest BCUT2D eigenvalue weighted by Crippen LogP contribution is -2.36. The standard InChI is InChI=1S/C9H12O4/c1-13-7(10)6-4-9(8(11)12)2-5(6)3-9/h5-6H,2-4H2,1H3,(H,11,12)/t5-,6-,9+/m1/s1. The van der Waals surface area contributed by atoms with Crippen LogP contribution in [-0.4, -0.2) is 24.2 Å². The van der Waals surface area contributed by atoms with Crippen LogP contribution in [0.4, 0.5) is 0 Å². The van der Waals surface area contributed by atoms with Crippen molar-refractivity contribution in [2.75, 3.05) is 7.11 Å². The van der Waals surface area contributed by atoms with Crippen LogP contribution in [0, 0.1) is 17.3 Å². The Morgan fingerprint density at radius 3 is 2.38 bits per heavy atom. The van der Waals surface area contributed by atoms with Crippen LogP contribution < -0.4 is 0 Å². The molecule has 2 bridgehead atoms. The summed E-state index contributed by atoms with van der Waals surface area (Å²) in [5, 5.41) is 8.93. The van der Waals surface area contributed by atoms with Crippen molar-refractivity contribution in [3.63, 3.8) is 0 Å². The average Bonchev–Trinajstić information content (AvgIpc) is 2.55. The van der Waals surface area contributed by atoms with Gasteiger partial charge in [0.05, 0.1) is 18.4 Å². The van der Waals surface area contributed by atoms with Crippen LogP contribution in [0.2, 0.25) is 0 Å². The molecule has 0 radical (unpaired) electrons. The van der Waals surface area contributed by atoms with Gasteiger partial charge in [-0.05, 0) is 25.2 Å². The van der Waals surface area contributed by atoms with Crippen molar-refractivity contribution in [3.8, 4) is 0 Å². The SMILES string of the molecule is COC(=O)[C@@H]1C[C@]2(C(=O)O)C[C@@H]1C2. The molecule has 13 heavy (non-hydrogen) atoms. The zero-order chi connectivity index (χ0) is 9.64. The van der Waals surface area contributed by atoms with Crippen molar-refractivity contribution in [2.45, 2.75) is 19.3 Å². The number of hydrogen-bond donors (Lipinski definition) is 1. The van der Waals surface area contributed by atoms with Crippen molar-refractivity contribution in [3.05, 3.63) is 0 Å². The molecule has 3 rings (SSSR count). The molecule has 3 aliphatic carbocycles. The Labute approximate surface area is 75.9 Å². The summed E-state index contributed by atoms with van der Waals surface area (Å²) in [6.45, 7) is 0. The number of ether oxygens (including phenoxy) is 1. The third kappa shape index (κ3) is 0.975. The summed E-state index contributed by atoms with van der Waals surface area (Å²) in [5.74, 6) is -0.912. The van der Waals surface area contributed by atoms with E-state index in [9.17, 15) is 9.59 Å². The van der Waals surface area contributed by atoms with E-state index in [1.807, 2.05) is 0 Å². The van der Waals surface area contributed by atoms with Crippen LogP contribution in [0.5, 0.6) is 0 Å². The van der Waals surface area contributed by atoms with Gasteiger partial charge >= 0.3 is 11.9 Å². The number of carbonyl (C=O) groups is 2. The van der Waals surface area contributed by atoms with Crippen molar-refractivity contribution >= 4 is 11.9 Å². The second-order valence-electron chi connectivity index (χ2n) is 4.09. The van der Waals surface area contributed by atoms with Gasteiger partial charge in [-0.1, -0.05) is 0 Å². The van der Waals surface area contributed by atoms with Gasteiger partial charge < -0.3 is 9.84 Å². The zero-order valence-corrected chi connectivity index (χ0v) is 7.45. The smallest absolute Gasteiger partial charge is 0.309 e. The average molecular weight is 184 g/mol. The summed E-state index contributed by atoms with van der Waals surface area (Å²) in [4.78, 5) is 22.1. The number of aliphatic carboxylic acids is 1. The maximum Gasteiger partial charge on any atom is 0.309 e. The summed E-state index contributed by atoms with van der Waals surface area (Å²) in [6, 6.07) is 0. The fourth-order valence-corrected chi connectivity index (χ4v) is 2.67. The summed E-state index contributed by atoms with van der Waals surface area (Å²) in [6.07, 6.45) is 1.78. The van der Waals surface area contributed by atoms with Gasteiger partial charge in [-0.3, -0.25) is 9.59 Å². The molecule has 0 unspecified atom stereocenters. The number of carbonyl (C=O) groups excluding carboxylic acids is 1. The maximum absolute atomic E-state index is 11.2. The first-order valence-corrected chi connectivity index (χ1v) is 4.40. The van der Waals surface area contributed by atoms with Gasteiger partial charge in [0, 0.05) is 0 Å². The molecule has 0 saturated heterocycles. The maximum atomic E-state index is 11.2.